The Hall–Kier alpha value is -1.95. The van der Waals surface area contributed by atoms with Crippen molar-refractivity contribution in [2.24, 2.45) is 0 Å². The zero-order valence-electron chi connectivity index (χ0n) is 12.7. The molecule has 1 unspecified atom stereocenters. The minimum atomic E-state index is -0.468. The van der Waals surface area contributed by atoms with Crippen LogP contribution in [-0.2, 0) is 0 Å². The van der Waals surface area contributed by atoms with Gasteiger partial charge in [-0.25, -0.2) is 0 Å². The van der Waals surface area contributed by atoms with Gasteiger partial charge in [0, 0.05) is 43.0 Å². The summed E-state index contributed by atoms with van der Waals surface area (Å²) in [5.74, 6) is -0.148. The van der Waals surface area contributed by atoms with Crippen LogP contribution in [0.3, 0.4) is 0 Å². The van der Waals surface area contributed by atoms with E-state index in [9.17, 15) is 14.9 Å². The number of Topliss-reactive ketones (excluding diaryl/α,β-unsaturated/α-hetero) is 1. The number of nitrogens with zero attached hydrogens (tertiary/aromatic N) is 3. The van der Waals surface area contributed by atoms with Crippen LogP contribution >= 0.6 is 0 Å². The fourth-order valence-corrected chi connectivity index (χ4v) is 2.88. The van der Waals surface area contributed by atoms with Gasteiger partial charge in [0.15, 0.2) is 5.78 Å². The monoisotopic (exact) mass is 291 g/mol. The number of likely N-dealkylation sites (N-methyl/N-ethyl adjacent to an activating group) is 2. The SMILES string of the molecule is CC(=O)c1cc([N+](=O)[O-])ccc1N(C)C1CCCN(C)C1. The van der Waals surface area contributed by atoms with Gasteiger partial charge in [-0.2, -0.15) is 0 Å². The first-order valence-electron chi connectivity index (χ1n) is 7.11. The van der Waals surface area contributed by atoms with Crippen molar-refractivity contribution < 1.29 is 9.72 Å². The number of nitro groups is 1. The lowest BCUT2D eigenvalue weighted by molar-refractivity contribution is -0.384. The summed E-state index contributed by atoms with van der Waals surface area (Å²) < 4.78 is 0. The standard InChI is InChI=1S/C15H21N3O3/c1-11(19)14-9-12(18(20)21)6-7-15(14)17(3)13-5-4-8-16(2)10-13/h6-7,9,13H,4-5,8,10H2,1-3H3. The highest BCUT2D eigenvalue weighted by Gasteiger charge is 2.24. The van der Waals surface area contributed by atoms with Crippen LogP contribution < -0.4 is 4.90 Å². The predicted molar refractivity (Wildman–Crippen MR) is 82.0 cm³/mol. The maximum atomic E-state index is 11.8. The topological polar surface area (TPSA) is 66.7 Å². The second kappa shape index (κ2) is 6.22. The molecule has 21 heavy (non-hydrogen) atoms. The Bertz CT molecular complexity index is 559. The smallest absolute Gasteiger partial charge is 0.270 e. The minimum absolute atomic E-state index is 0.0434. The van der Waals surface area contributed by atoms with Crippen LogP contribution in [0.1, 0.15) is 30.1 Å². The number of nitro benzene ring substituents is 1. The van der Waals surface area contributed by atoms with Crippen LogP contribution in [0, 0.1) is 10.1 Å². The molecule has 6 heteroatoms. The van der Waals surface area contributed by atoms with E-state index in [4.69, 9.17) is 0 Å². The number of benzene rings is 1. The summed E-state index contributed by atoms with van der Waals surface area (Å²) in [5.41, 5.74) is 1.14. The molecule has 1 aliphatic heterocycles. The molecule has 1 atom stereocenters. The van der Waals surface area contributed by atoms with E-state index in [2.05, 4.69) is 16.8 Å². The number of likely N-dealkylation sites (tertiary alicyclic amines) is 1. The van der Waals surface area contributed by atoms with E-state index in [1.54, 1.807) is 6.07 Å². The van der Waals surface area contributed by atoms with Crippen molar-refractivity contribution >= 4 is 17.2 Å². The number of ketones is 1. The molecule has 1 aromatic rings. The lowest BCUT2D eigenvalue weighted by atomic mass is 10.0. The zero-order chi connectivity index (χ0) is 15.6. The van der Waals surface area contributed by atoms with E-state index in [0.717, 1.165) is 31.6 Å². The van der Waals surface area contributed by atoms with E-state index in [1.165, 1.54) is 19.1 Å². The van der Waals surface area contributed by atoms with Crippen LogP contribution in [0.4, 0.5) is 11.4 Å². The highest BCUT2D eigenvalue weighted by molar-refractivity contribution is 6.00. The molecule has 0 aliphatic carbocycles. The highest BCUT2D eigenvalue weighted by Crippen LogP contribution is 2.28. The highest BCUT2D eigenvalue weighted by atomic mass is 16.6. The van der Waals surface area contributed by atoms with E-state index in [0.29, 0.717) is 11.6 Å². The molecule has 0 bridgehead atoms. The van der Waals surface area contributed by atoms with E-state index >= 15 is 0 Å². The van der Waals surface area contributed by atoms with Gasteiger partial charge in [-0.15, -0.1) is 0 Å². The second-order valence-corrected chi connectivity index (χ2v) is 5.68. The summed E-state index contributed by atoms with van der Waals surface area (Å²) in [6, 6.07) is 4.85. The number of carbonyl (C=O) groups is 1. The Labute approximate surface area is 124 Å². The molecule has 2 rings (SSSR count). The molecule has 1 aromatic carbocycles. The molecule has 0 spiro atoms. The van der Waals surface area contributed by atoms with Gasteiger partial charge >= 0.3 is 0 Å². The molecular weight excluding hydrogens is 270 g/mol. The average molecular weight is 291 g/mol. The number of hydrogen-bond acceptors (Lipinski definition) is 5. The maximum absolute atomic E-state index is 11.8. The van der Waals surface area contributed by atoms with Gasteiger partial charge in [0.2, 0.25) is 0 Å². The Morgan fingerprint density at radius 1 is 1.48 bits per heavy atom. The van der Waals surface area contributed by atoms with Gasteiger partial charge in [-0.1, -0.05) is 0 Å². The van der Waals surface area contributed by atoms with Crippen molar-refractivity contribution in [1.29, 1.82) is 0 Å². The van der Waals surface area contributed by atoms with Gasteiger partial charge < -0.3 is 9.80 Å². The third kappa shape index (κ3) is 3.39. The third-order valence-corrected chi connectivity index (χ3v) is 4.10. The van der Waals surface area contributed by atoms with E-state index in [-0.39, 0.29) is 11.5 Å². The molecule has 1 fully saturated rings. The number of piperidine rings is 1. The summed E-state index contributed by atoms with van der Waals surface area (Å²) >= 11 is 0. The zero-order valence-corrected chi connectivity index (χ0v) is 12.7. The van der Waals surface area contributed by atoms with Crippen molar-refractivity contribution in [3.63, 3.8) is 0 Å². The van der Waals surface area contributed by atoms with E-state index < -0.39 is 4.92 Å². The summed E-state index contributed by atoms with van der Waals surface area (Å²) in [5, 5.41) is 10.9. The number of carbonyl (C=O) groups excluding carboxylic acids is 1. The van der Waals surface area contributed by atoms with Crippen LogP contribution in [0.2, 0.25) is 0 Å². The Morgan fingerprint density at radius 3 is 2.76 bits per heavy atom. The number of hydrogen-bond donors (Lipinski definition) is 0. The van der Waals surface area contributed by atoms with Crippen LogP contribution in [0.25, 0.3) is 0 Å². The van der Waals surface area contributed by atoms with Gasteiger partial charge in [-0.05, 0) is 39.4 Å². The summed E-state index contributed by atoms with van der Waals surface area (Å²) in [4.78, 5) is 26.6. The molecule has 0 aromatic heterocycles. The number of rotatable bonds is 4. The molecule has 0 N–H and O–H groups in total. The molecule has 0 radical (unpaired) electrons. The van der Waals surface area contributed by atoms with Crippen LogP contribution in [-0.4, -0.2) is 48.8 Å². The maximum Gasteiger partial charge on any atom is 0.270 e. The molecule has 114 valence electrons. The summed E-state index contributed by atoms with van der Waals surface area (Å²) in [7, 11) is 4.04. The largest absolute Gasteiger partial charge is 0.370 e. The summed E-state index contributed by atoms with van der Waals surface area (Å²) in [6.45, 7) is 3.47. The Balaban J connectivity index is 2.33. The van der Waals surface area contributed by atoms with Gasteiger partial charge in [0.25, 0.3) is 5.69 Å². The fourth-order valence-electron chi connectivity index (χ4n) is 2.88. The van der Waals surface area contributed by atoms with Gasteiger partial charge in [-0.3, -0.25) is 14.9 Å². The average Bonchev–Trinajstić information content (AvgIpc) is 2.45. The molecule has 6 nitrogen and oxygen atoms in total. The molecule has 1 saturated heterocycles. The lowest BCUT2D eigenvalue weighted by Crippen LogP contribution is -2.45. The Kier molecular flexibility index (Phi) is 4.57. The van der Waals surface area contributed by atoms with Crippen molar-refractivity contribution in [3.8, 4) is 0 Å². The predicted octanol–water partition coefficient (Wildman–Crippen LogP) is 2.33. The third-order valence-electron chi connectivity index (χ3n) is 4.10. The Morgan fingerprint density at radius 2 is 2.19 bits per heavy atom. The molecule has 1 aliphatic rings. The first-order chi connectivity index (χ1) is 9.90. The first-order valence-corrected chi connectivity index (χ1v) is 7.11. The van der Waals surface area contributed by atoms with Crippen LogP contribution in [0.15, 0.2) is 18.2 Å². The normalized spacial score (nSPS) is 19.3. The van der Waals surface area contributed by atoms with Crippen molar-refractivity contribution in [2.45, 2.75) is 25.8 Å². The second-order valence-electron chi connectivity index (χ2n) is 5.68. The number of anilines is 1. The molecular formula is C15H21N3O3. The molecule has 0 saturated carbocycles. The first kappa shape index (κ1) is 15.4. The van der Waals surface area contributed by atoms with Crippen LogP contribution in [0.5, 0.6) is 0 Å². The molecule has 0 amide bonds. The minimum Gasteiger partial charge on any atom is -0.370 e. The van der Waals surface area contributed by atoms with Crippen molar-refractivity contribution in [2.75, 3.05) is 32.1 Å². The van der Waals surface area contributed by atoms with Gasteiger partial charge in [0.1, 0.15) is 0 Å². The number of non-ortho nitro benzene ring substituents is 1. The molecule has 1 heterocycles. The van der Waals surface area contributed by atoms with Gasteiger partial charge in [0.05, 0.1) is 4.92 Å². The fraction of sp³-hybridized carbons (Fsp3) is 0.533. The van der Waals surface area contributed by atoms with Crippen molar-refractivity contribution in [1.82, 2.24) is 4.90 Å². The van der Waals surface area contributed by atoms with Crippen molar-refractivity contribution in [3.05, 3.63) is 33.9 Å². The summed E-state index contributed by atoms with van der Waals surface area (Å²) in [6.07, 6.45) is 2.18. The van der Waals surface area contributed by atoms with E-state index in [1.807, 2.05) is 7.05 Å². The quantitative estimate of drug-likeness (QED) is 0.484. The lowest BCUT2D eigenvalue weighted by Gasteiger charge is -2.37.